The van der Waals surface area contributed by atoms with Crippen LogP contribution in [0.5, 0.6) is 0 Å². The minimum absolute atomic E-state index is 0.138. The van der Waals surface area contributed by atoms with Crippen LogP contribution in [0.2, 0.25) is 0 Å². The van der Waals surface area contributed by atoms with Crippen LogP contribution in [0.1, 0.15) is 33.6 Å². The molecule has 118 valence electrons. The van der Waals surface area contributed by atoms with Crippen molar-refractivity contribution < 1.29 is 24.2 Å². The molecule has 0 aromatic carbocycles. The van der Waals surface area contributed by atoms with Crippen LogP contribution in [-0.2, 0) is 19.1 Å². The van der Waals surface area contributed by atoms with Crippen molar-refractivity contribution in [3.8, 4) is 0 Å². The van der Waals surface area contributed by atoms with Crippen LogP contribution in [0.15, 0.2) is 0 Å². The van der Waals surface area contributed by atoms with E-state index >= 15 is 0 Å². The van der Waals surface area contributed by atoms with Gasteiger partial charge in [0.1, 0.15) is 0 Å². The first-order chi connectivity index (χ1) is 9.80. The molecule has 0 radical (unpaired) electrons. The number of aliphatic carboxylic acids is 1. The van der Waals surface area contributed by atoms with Gasteiger partial charge in [-0.15, -0.1) is 0 Å². The van der Waals surface area contributed by atoms with Crippen molar-refractivity contribution in [2.24, 2.45) is 23.2 Å². The topological polar surface area (TPSA) is 83.9 Å². The third-order valence-electron chi connectivity index (χ3n) is 4.71. The largest absolute Gasteiger partial charge is 0.481 e. The second kappa shape index (κ2) is 5.66. The first-order valence-electron chi connectivity index (χ1n) is 7.49. The lowest BCUT2D eigenvalue weighted by atomic mass is 9.97. The van der Waals surface area contributed by atoms with Gasteiger partial charge in [0.25, 0.3) is 0 Å². The summed E-state index contributed by atoms with van der Waals surface area (Å²) in [6, 6.07) is 0. The lowest BCUT2D eigenvalue weighted by Crippen LogP contribution is -2.44. The van der Waals surface area contributed by atoms with E-state index in [1.807, 2.05) is 0 Å². The van der Waals surface area contributed by atoms with Crippen molar-refractivity contribution in [2.45, 2.75) is 33.6 Å². The van der Waals surface area contributed by atoms with Crippen LogP contribution in [0, 0.1) is 23.2 Å². The molecular formula is C15H23NO5. The Balaban J connectivity index is 2.00. The normalized spacial score (nSPS) is 30.6. The fourth-order valence-electron chi connectivity index (χ4n) is 3.39. The summed E-state index contributed by atoms with van der Waals surface area (Å²) in [7, 11) is 0. The number of hydrogen-bond donors (Lipinski definition) is 1. The molecule has 1 N–H and O–H groups in total. The summed E-state index contributed by atoms with van der Waals surface area (Å²) in [5, 5.41) is 9.17. The van der Waals surface area contributed by atoms with E-state index in [0.717, 1.165) is 12.8 Å². The molecule has 0 unspecified atom stereocenters. The van der Waals surface area contributed by atoms with Crippen molar-refractivity contribution in [2.75, 3.05) is 19.7 Å². The summed E-state index contributed by atoms with van der Waals surface area (Å²) in [6.07, 6.45) is 1.47. The molecule has 1 amide bonds. The monoisotopic (exact) mass is 297 g/mol. The molecule has 2 aliphatic rings. The van der Waals surface area contributed by atoms with E-state index in [1.54, 1.807) is 25.7 Å². The Bertz CT molecular complexity index is 459. The fourth-order valence-corrected chi connectivity index (χ4v) is 3.39. The number of piperidine rings is 1. The van der Waals surface area contributed by atoms with Crippen molar-refractivity contribution in [3.63, 3.8) is 0 Å². The number of ether oxygens (including phenoxy) is 1. The number of nitrogens with zero attached hydrogens (tertiary/aromatic N) is 1. The standard InChI is InChI=1S/C15H23NO5/c1-4-21-14(20)9-6-5-7-16(8-9)12(17)10-11(13(18)19)15(10,2)3/h9-11H,4-8H2,1-3H3,(H,18,19)/t9-,10-,11+/m0/s1. The number of carbonyl (C=O) groups excluding carboxylic acids is 2. The lowest BCUT2D eigenvalue weighted by Gasteiger charge is -2.32. The number of rotatable bonds is 4. The zero-order valence-corrected chi connectivity index (χ0v) is 12.8. The average Bonchev–Trinajstić information content (AvgIpc) is 3.01. The summed E-state index contributed by atoms with van der Waals surface area (Å²) in [5.41, 5.74) is -0.500. The Labute approximate surface area is 124 Å². The van der Waals surface area contributed by atoms with Gasteiger partial charge in [0, 0.05) is 13.1 Å². The summed E-state index contributed by atoms with van der Waals surface area (Å²) in [4.78, 5) is 37.2. The van der Waals surface area contributed by atoms with E-state index in [4.69, 9.17) is 4.74 Å². The first-order valence-corrected chi connectivity index (χ1v) is 7.49. The Morgan fingerprint density at radius 3 is 2.48 bits per heavy atom. The molecule has 6 nitrogen and oxygen atoms in total. The van der Waals surface area contributed by atoms with Gasteiger partial charge in [-0.1, -0.05) is 13.8 Å². The van der Waals surface area contributed by atoms with E-state index in [2.05, 4.69) is 0 Å². The van der Waals surface area contributed by atoms with Crippen LogP contribution in [-0.4, -0.2) is 47.5 Å². The number of likely N-dealkylation sites (tertiary alicyclic amines) is 1. The van der Waals surface area contributed by atoms with Gasteiger partial charge in [-0.2, -0.15) is 0 Å². The molecule has 6 heteroatoms. The number of carboxylic acid groups (broad SMARTS) is 1. The number of carbonyl (C=O) groups is 3. The Kier molecular flexibility index (Phi) is 4.25. The summed E-state index contributed by atoms with van der Waals surface area (Å²) in [5.74, 6) is -2.70. The molecule has 0 spiro atoms. The number of amides is 1. The maximum Gasteiger partial charge on any atom is 0.310 e. The Morgan fingerprint density at radius 2 is 1.95 bits per heavy atom. The van der Waals surface area contributed by atoms with Crippen molar-refractivity contribution in [3.05, 3.63) is 0 Å². The molecule has 1 saturated carbocycles. The molecule has 21 heavy (non-hydrogen) atoms. The highest BCUT2D eigenvalue weighted by atomic mass is 16.5. The fraction of sp³-hybridized carbons (Fsp3) is 0.800. The zero-order chi connectivity index (χ0) is 15.8. The Hall–Kier alpha value is -1.59. The number of carboxylic acids is 1. The predicted octanol–water partition coefficient (Wildman–Crippen LogP) is 1.14. The zero-order valence-electron chi connectivity index (χ0n) is 12.8. The smallest absolute Gasteiger partial charge is 0.310 e. The van der Waals surface area contributed by atoms with Crippen LogP contribution in [0.4, 0.5) is 0 Å². The first kappa shape index (κ1) is 15.8. The van der Waals surface area contributed by atoms with Gasteiger partial charge in [-0.05, 0) is 25.2 Å². The highest BCUT2D eigenvalue weighted by molar-refractivity contribution is 5.92. The summed E-state index contributed by atoms with van der Waals surface area (Å²) in [6.45, 7) is 6.64. The summed E-state index contributed by atoms with van der Waals surface area (Å²) >= 11 is 0. The van der Waals surface area contributed by atoms with Crippen LogP contribution < -0.4 is 0 Å². The second-order valence-corrected chi connectivity index (χ2v) is 6.49. The van der Waals surface area contributed by atoms with Crippen LogP contribution in [0.25, 0.3) is 0 Å². The minimum atomic E-state index is -0.919. The van der Waals surface area contributed by atoms with E-state index in [1.165, 1.54) is 0 Å². The second-order valence-electron chi connectivity index (χ2n) is 6.49. The molecule has 1 heterocycles. The van der Waals surface area contributed by atoms with E-state index in [0.29, 0.717) is 19.7 Å². The van der Waals surface area contributed by atoms with Crippen molar-refractivity contribution >= 4 is 17.8 Å². The SMILES string of the molecule is CCOC(=O)[C@H]1CCCN(C(=O)[C@@H]2[C@H](C(=O)O)C2(C)C)C1. The highest BCUT2D eigenvalue weighted by Crippen LogP contribution is 2.59. The molecule has 0 bridgehead atoms. The van der Waals surface area contributed by atoms with Crippen LogP contribution in [0.3, 0.4) is 0 Å². The number of esters is 1. The third kappa shape index (κ3) is 2.89. The minimum Gasteiger partial charge on any atom is -0.481 e. The molecule has 1 aliphatic heterocycles. The molecule has 2 rings (SSSR count). The molecule has 1 aliphatic carbocycles. The van der Waals surface area contributed by atoms with Gasteiger partial charge in [0.2, 0.25) is 5.91 Å². The van der Waals surface area contributed by atoms with Crippen molar-refractivity contribution in [1.82, 2.24) is 4.90 Å². The third-order valence-corrected chi connectivity index (χ3v) is 4.71. The average molecular weight is 297 g/mol. The lowest BCUT2D eigenvalue weighted by molar-refractivity contribution is -0.152. The molecule has 2 fully saturated rings. The van der Waals surface area contributed by atoms with Gasteiger partial charge in [0.05, 0.1) is 24.4 Å². The predicted molar refractivity (Wildman–Crippen MR) is 74.3 cm³/mol. The highest BCUT2D eigenvalue weighted by Gasteiger charge is 2.66. The van der Waals surface area contributed by atoms with Crippen LogP contribution >= 0.6 is 0 Å². The van der Waals surface area contributed by atoms with Gasteiger partial charge in [-0.25, -0.2) is 0 Å². The molecule has 3 atom stereocenters. The van der Waals surface area contributed by atoms with Gasteiger partial charge >= 0.3 is 11.9 Å². The van der Waals surface area contributed by atoms with E-state index < -0.39 is 23.2 Å². The van der Waals surface area contributed by atoms with Gasteiger partial charge < -0.3 is 14.7 Å². The maximum atomic E-state index is 12.5. The van der Waals surface area contributed by atoms with E-state index in [-0.39, 0.29) is 17.8 Å². The summed E-state index contributed by atoms with van der Waals surface area (Å²) < 4.78 is 5.01. The molecule has 0 aromatic rings. The van der Waals surface area contributed by atoms with Gasteiger partial charge in [0.15, 0.2) is 0 Å². The Morgan fingerprint density at radius 1 is 1.29 bits per heavy atom. The molecular weight excluding hydrogens is 274 g/mol. The quantitative estimate of drug-likeness (QED) is 0.787. The number of hydrogen-bond acceptors (Lipinski definition) is 4. The van der Waals surface area contributed by atoms with E-state index in [9.17, 15) is 19.5 Å². The maximum absolute atomic E-state index is 12.5. The molecule has 1 saturated heterocycles. The molecule has 0 aromatic heterocycles. The van der Waals surface area contributed by atoms with Gasteiger partial charge in [-0.3, -0.25) is 14.4 Å². The van der Waals surface area contributed by atoms with Crippen molar-refractivity contribution in [1.29, 1.82) is 0 Å².